The monoisotopic (exact) mass is 249 g/mol. The molecule has 1 saturated heterocycles. The van der Waals surface area contributed by atoms with E-state index in [1.54, 1.807) is 0 Å². The third kappa shape index (κ3) is 4.67. The second-order valence-corrected chi connectivity index (χ2v) is 4.86. The minimum Gasteiger partial charge on any atom is -0.492 e. The molecule has 0 bridgehead atoms. The highest BCUT2D eigenvalue weighted by atomic mass is 16.5. The van der Waals surface area contributed by atoms with Crippen LogP contribution >= 0.6 is 0 Å². The predicted molar refractivity (Wildman–Crippen MR) is 73.1 cm³/mol. The van der Waals surface area contributed by atoms with Crippen molar-refractivity contribution >= 4 is 0 Å². The zero-order valence-corrected chi connectivity index (χ0v) is 11.2. The molecule has 1 aliphatic rings. The van der Waals surface area contributed by atoms with E-state index in [9.17, 15) is 0 Å². The SMILES string of the molecule is Cc1cccc(OCCNCC2CCCCO2)c1. The zero-order valence-electron chi connectivity index (χ0n) is 11.2. The molecule has 2 rings (SSSR count). The quantitative estimate of drug-likeness (QED) is 0.786. The van der Waals surface area contributed by atoms with Crippen LogP contribution in [0.2, 0.25) is 0 Å². The van der Waals surface area contributed by atoms with Crippen molar-refractivity contribution in [3.63, 3.8) is 0 Å². The Morgan fingerprint density at radius 2 is 2.33 bits per heavy atom. The lowest BCUT2D eigenvalue weighted by molar-refractivity contribution is 0.0167. The number of aryl methyl sites for hydroxylation is 1. The number of hydrogen-bond acceptors (Lipinski definition) is 3. The molecular formula is C15H23NO2. The minimum absolute atomic E-state index is 0.401. The lowest BCUT2D eigenvalue weighted by Gasteiger charge is -2.22. The average Bonchev–Trinajstić information content (AvgIpc) is 2.40. The van der Waals surface area contributed by atoms with Crippen molar-refractivity contribution in [2.24, 2.45) is 0 Å². The fourth-order valence-corrected chi connectivity index (χ4v) is 2.18. The van der Waals surface area contributed by atoms with Crippen LogP contribution in [0.4, 0.5) is 0 Å². The molecule has 1 aromatic carbocycles. The molecule has 1 aliphatic heterocycles. The Morgan fingerprint density at radius 1 is 1.39 bits per heavy atom. The molecule has 100 valence electrons. The Labute approximate surface area is 109 Å². The molecule has 1 N–H and O–H groups in total. The summed E-state index contributed by atoms with van der Waals surface area (Å²) < 4.78 is 11.3. The summed E-state index contributed by atoms with van der Waals surface area (Å²) in [5.74, 6) is 0.950. The Kier molecular flexibility index (Phi) is 5.49. The van der Waals surface area contributed by atoms with Gasteiger partial charge in [-0.05, 0) is 43.9 Å². The number of ether oxygens (including phenoxy) is 2. The van der Waals surface area contributed by atoms with Crippen molar-refractivity contribution in [1.29, 1.82) is 0 Å². The van der Waals surface area contributed by atoms with Crippen molar-refractivity contribution in [2.45, 2.75) is 32.3 Å². The summed E-state index contributed by atoms with van der Waals surface area (Å²) in [5.41, 5.74) is 1.23. The van der Waals surface area contributed by atoms with Crippen molar-refractivity contribution in [1.82, 2.24) is 5.32 Å². The van der Waals surface area contributed by atoms with Gasteiger partial charge in [0.2, 0.25) is 0 Å². The van der Waals surface area contributed by atoms with Gasteiger partial charge >= 0.3 is 0 Å². The van der Waals surface area contributed by atoms with Crippen molar-refractivity contribution in [2.75, 3.05) is 26.3 Å². The number of rotatable bonds is 6. The van der Waals surface area contributed by atoms with E-state index in [4.69, 9.17) is 9.47 Å². The summed E-state index contributed by atoms with van der Waals surface area (Å²) in [6.07, 6.45) is 4.10. The Bertz CT molecular complexity index is 348. The van der Waals surface area contributed by atoms with Gasteiger partial charge in [-0.2, -0.15) is 0 Å². The van der Waals surface area contributed by atoms with Gasteiger partial charge in [0.1, 0.15) is 12.4 Å². The van der Waals surface area contributed by atoms with Gasteiger partial charge in [-0.25, -0.2) is 0 Å². The lowest BCUT2D eigenvalue weighted by Crippen LogP contribution is -2.33. The minimum atomic E-state index is 0.401. The van der Waals surface area contributed by atoms with Crippen molar-refractivity contribution < 1.29 is 9.47 Å². The highest BCUT2D eigenvalue weighted by molar-refractivity contribution is 5.27. The van der Waals surface area contributed by atoms with E-state index in [1.807, 2.05) is 12.1 Å². The molecule has 1 atom stereocenters. The van der Waals surface area contributed by atoms with Gasteiger partial charge < -0.3 is 14.8 Å². The summed E-state index contributed by atoms with van der Waals surface area (Å²) in [5, 5.41) is 3.39. The summed E-state index contributed by atoms with van der Waals surface area (Å²) >= 11 is 0. The zero-order chi connectivity index (χ0) is 12.6. The summed E-state index contributed by atoms with van der Waals surface area (Å²) in [6.45, 7) is 5.51. The van der Waals surface area contributed by atoms with Crippen molar-refractivity contribution in [3.8, 4) is 5.75 Å². The molecule has 0 amide bonds. The van der Waals surface area contributed by atoms with Crippen LogP contribution in [0.15, 0.2) is 24.3 Å². The maximum absolute atomic E-state index is 5.67. The molecule has 0 aromatic heterocycles. The molecule has 1 heterocycles. The first-order valence-corrected chi connectivity index (χ1v) is 6.86. The van der Waals surface area contributed by atoms with Gasteiger partial charge in [-0.3, -0.25) is 0 Å². The molecule has 18 heavy (non-hydrogen) atoms. The Morgan fingerprint density at radius 3 is 3.11 bits per heavy atom. The molecule has 3 heteroatoms. The van der Waals surface area contributed by atoms with E-state index in [0.717, 1.165) is 25.4 Å². The van der Waals surface area contributed by atoms with Crippen LogP contribution in [0, 0.1) is 6.92 Å². The van der Waals surface area contributed by atoms with Crippen LogP contribution in [0.3, 0.4) is 0 Å². The molecule has 1 unspecified atom stereocenters. The van der Waals surface area contributed by atoms with E-state index in [-0.39, 0.29) is 0 Å². The lowest BCUT2D eigenvalue weighted by atomic mass is 10.1. The Balaban J connectivity index is 1.55. The fraction of sp³-hybridized carbons (Fsp3) is 0.600. The predicted octanol–water partition coefficient (Wildman–Crippen LogP) is 2.53. The average molecular weight is 249 g/mol. The largest absolute Gasteiger partial charge is 0.492 e. The van der Waals surface area contributed by atoms with Crippen LogP contribution in [-0.2, 0) is 4.74 Å². The third-order valence-electron chi connectivity index (χ3n) is 3.18. The second kappa shape index (κ2) is 7.39. The standard InChI is InChI=1S/C15H23NO2/c1-13-5-4-7-14(11-13)18-10-8-16-12-15-6-2-3-9-17-15/h4-5,7,11,15-16H,2-3,6,8-10,12H2,1H3. The molecule has 0 aliphatic carbocycles. The molecule has 0 spiro atoms. The van der Waals surface area contributed by atoms with Gasteiger partial charge in [0, 0.05) is 19.7 Å². The van der Waals surface area contributed by atoms with Gasteiger partial charge in [0.25, 0.3) is 0 Å². The highest BCUT2D eigenvalue weighted by Gasteiger charge is 2.12. The third-order valence-corrected chi connectivity index (χ3v) is 3.18. The fourth-order valence-electron chi connectivity index (χ4n) is 2.18. The maximum atomic E-state index is 5.67. The van der Waals surface area contributed by atoms with E-state index in [1.165, 1.54) is 24.8 Å². The molecule has 0 radical (unpaired) electrons. The summed E-state index contributed by atoms with van der Waals surface area (Å²) in [7, 11) is 0. The van der Waals surface area contributed by atoms with Crippen molar-refractivity contribution in [3.05, 3.63) is 29.8 Å². The van der Waals surface area contributed by atoms with Gasteiger partial charge in [0.15, 0.2) is 0 Å². The number of benzene rings is 1. The molecule has 0 saturated carbocycles. The van der Waals surface area contributed by atoms with Crippen LogP contribution in [0.1, 0.15) is 24.8 Å². The molecule has 1 aromatic rings. The molecular weight excluding hydrogens is 226 g/mol. The van der Waals surface area contributed by atoms with E-state index in [0.29, 0.717) is 12.7 Å². The summed E-state index contributed by atoms with van der Waals surface area (Å²) in [4.78, 5) is 0. The van der Waals surface area contributed by atoms with E-state index < -0.39 is 0 Å². The molecule has 1 fully saturated rings. The first kappa shape index (κ1) is 13.4. The van der Waals surface area contributed by atoms with Crippen LogP contribution < -0.4 is 10.1 Å². The first-order valence-electron chi connectivity index (χ1n) is 6.86. The summed E-state index contributed by atoms with van der Waals surface area (Å²) in [6, 6.07) is 8.15. The second-order valence-electron chi connectivity index (χ2n) is 4.86. The highest BCUT2D eigenvalue weighted by Crippen LogP contribution is 2.12. The smallest absolute Gasteiger partial charge is 0.119 e. The Hall–Kier alpha value is -1.06. The van der Waals surface area contributed by atoms with Gasteiger partial charge in [-0.1, -0.05) is 12.1 Å². The molecule has 3 nitrogen and oxygen atoms in total. The van der Waals surface area contributed by atoms with Gasteiger partial charge in [-0.15, -0.1) is 0 Å². The number of nitrogens with one attached hydrogen (secondary N) is 1. The van der Waals surface area contributed by atoms with Crippen LogP contribution in [-0.4, -0.2) is 32.4 Å². The van der Waals surface area contributed by atoms with E-state index >= 15 is 0 Å². The topological polar surface area (TPSA) is 30.5 Å². The number of hydrogen-bond donors (Lipinski definition) is 1. The van der Waals surface area contributed by atoms with Gasteiger partial charge in [0.05, 0.1) is 6.10 Å². The van der Waals surface area contributed by atoms with E-state index in [2.05, 4.69) is 24.4 Å². The van der Waals surface area contributed by atoms with Crippen LogP contribution in [0.5, 0.6) is 5.75 Å². The maximum Gasteiger partial charge on any atom is 0.119 e. The first-order chi connectivity index (χ1) is 8.84. The van der Waals surface area contributed by atoms with Crippen LogP contribution in [0.25, 0.3) is 0 Å². The normalized spacial score (nSPS) is 19.7.